The monoisotopic (exact) mass is 234 g/mol. The second-order valence-corrected chi connectivity index (χ2v) is 4.10. The van der Waals surface area contributed by atoms with Gasteiger partial charge in [0.25, 0.3) is 0 Å². The van der Waals surface area contributed by atoms with Crippen molar-refractivity contribution in [2.75, 3.05) is 20.1 Å². The van der Waals surface area contributed by atoms with Crippen LogP contribution in [0.1, 0.15) is 23.2 Å². The third-order valence-electron chi connectivity index (χ3n) is 2.47. The van der Waals surface area contributed by atoms with Crippen molar-refractivity contribution in [3.8, 4) is 0 Å². The lowest BCUT2D eigenvalue weighted by Gasteiger charge is -2.13. The predicted molar refractivity (Wildman–Crippen MR) is 66.7 cm³/mol. The second-order valence-electron chi connectivity index (χ2n) is 4.10. The van der Waals surface area contributed by atoms with Gasteiger partial charge in [0.05, 0.1) is 6.54 Å². The lowest BCUT2D eigenvalue weighted by Crippen LogP contribution is -2.31. The third kappa shape index (κ3) is 5.26. The first kappa shape index (κ1) is 13.4. The Balaban J connectivity index is 2.28. The molecule has 0 saturated carbocycles. The molecule has 4 heteroatoms. The van der Waals surface area contributed by atoms with Crippen molar-refractivity contribution < 1.29 is 9.59 Å². The fraction of sp³-hybridized carbons (Fsp3) is 0.385. The Kier molecular flexibility index (Phi) is 5.36. The molecule has 0 atom stereocenters. The maximum Gasteiger partial charge on any atom is 0.231 e. The number of hydrogen-bond donors (Lipinski definition) is 1. The molecule has 0 aromatic heterocycles. The van der Waals surface area contributed by atoms with Crippen LogP contribution in [0, 0.1) is 0 Å². The highest BCUT2D eigenvalue weighted by Crippen LogP contribution is 2.05. The zero-order valence-electron chi connectivity index (χ0n) is 10.1. The van der Waals surface area contributed by atoms with Crippen LogP contribution in [0.3, 0.4) is 0 Å². The van der Waals surface area contributed by atoms with E-state index in [9.17, 15) is 9.59 Å². The number of primary amides is 1. The summed E-state index contributed by atoms with van der Waals surface area (Å²) in [4.78, 5) is 24.2. The molecule has 17 heavy (non-hydrogen) atoms. The molecule has 4 nitrogen and oxygen atoms in total. The van der Waals surface area contributed by atoms with Gasteiger partial charge in [-0.3, -0.25) is 14.5 Å². The number of nitrogens with zero attached hydrogens (tertiary/aromatic N) is 1. The van der Waals surface area contributed by atoms with Crippen LogP contribution < -0.4 is 5.73 Å². The van der Waals surface area contributed by atoms with Gasteiger partial charge in [-0.15, -0.1) is 0 Å². The number of amides is 1. The third-order valence-corrected chi connectivity index (χ3v) is 2.47. The first-order valence-corrected chi connectivity index (χ1v) is 5.64. The van der Waals surface area contributed by atoms with E-state index < -0.39 is 0 Å². The molecule has 92 valence electrons. The molecule has 0 unspecified atom stereocenters. The Morgan fingerprint density at radius 3 is 2.47 bits per heavy atom. The fourth-order valence-corrected chi connectivity index (χ4v) is 1.62. The van der Waals surface area contributed by atoms with Crippen LogP contribution in [0.25, 0.3) is 0 Å². The predicted octanol–water partition coefficient (Wildman–Crippen LogP) is 1.07. The number of Topliss-reactive ketones (excluding diaryl/α,β-unsaturated/α-hetero) is 1. The Morgan fingerprint density at radius 1 is 1.24 bits per heavy atom. The topological polar surface area (TPSA) is 63.4 Å². The lowest BCUT2D eigenvalue weighted by molar-refractivity contribution is -0.118. The summed E-state index contributed by atoms with van der Waals surface area (Å²) in [7, 11) is 1.82. The van der Waals surface area contributed by atoms with Crippen LogP contribution in [-0.2, 0) is 4.79 Å². The molecule has 0 spiro atoms. The first-order chi connectivity index (χ1) is 8.09. The van der Waals surface area contributed by atoms with Gasteiger partial charge in [0.2, 0.25) is 5.91 Å². The van der Waals surface area contributed by atoms with Crippen LogP contribution in [-0.4, -0.2) is 36.7 Å². The number of ketones is 1. The van der Waals surface area contributed by atoms with E-state index in [0.717, 1.165) is 12.0 Å². The summed E-state index contributed by atoms with van der Waals surface area (Å²) in [6.07, 6.45) is 1.23. The largest absolute Gasteiger partial charge is 0.369 e. The van der Waals surface area contributed by atoms with Crippen molar-refractivity contribution in [3.05, 3.63) is 35.9 Å². The van der Waals surface area contributed by atoms with Gasteiger partial charge in [-0.2, -0.15) is 0 Å². The van der Waals surface area contributed by atoms with Gasteiger partial charge in [0.1, 0.15) is 0 Å². The summed E-state index contributed by atoms with van der Waals surface area (Å²) in [6, 6.07) is 9.22. The Labute approximate surface area is 101 Å². The normalized spacial score (nSPS) is 10.5. The number of nitrogens with two attached hydrogens (primary N) is 1. The van der Waals surface area contributed by atoms with Crippen molar-refractivity contribution in [2.45, 2.75) is 12.8 Å². The van der Waals surface area contributed by atoms with E-state index in [0.29, 0.717) is 13.0 Å². The zero-order valence-corrected chi connectivity index (χ0v) is 10.1. The summed E-state index contributed by atoms with van der Waals surface area (Å²) in [5.74, 6) is -0.208. The molecule has 0 aliphatic carbocycles. The van der Waals surface area contributed by atoms with E-state index in [1.807, 2.05) is 42.3 Å². The highest BCUT2D eigenvalue weighted by molar-refractivity contribution is 5.95. The average Bonchev–Trinajstić information content (AvgIpc) is 2.29. The van der Waals surface area contributed by atoms with Crippen molar-refractivity contribution in [1.29, 1.82) is 0 Å². The van der Waals surface area contributed by atoms with E-state index in [1.165, 1.54) is 0 Å². The highest BCUT2D eigenvalue weighted by atomic mass is 16.1. The molecule has 1 aromatic carbocycles. The van der Waals surface area contributed by atoms with Crippen LogP contribution >= 0.6 is 0 Å². The number of likely N-dealkylation sites (N-methyl/N-ethyl adjacent to an activating group) is 1. The molecule has 0 heterocycles. The van der Waals surface area contributed by atoms with Gasteiger partial charge < -0.3 is 5.73 Å². The van der Waals surface area contributed by atoms with E-state index in [2.05, 4.69) is 0 Å². The smallest absolute Gasteiger partial charge is 0.231 e. The molecule has 0 radical (unpaired) electrons. The van der Waals surface area contributed by atoms with Crippen LogP contribution in [0.2, 0.25) is 0 Å². The number of carbonyl (C=O) groups is 2. The molecule has 2 N–H and O–H groups in total. The second kappa shape index (κ2) is 6.81. The van der Waals surface area contributed by atoms with E-state index >= 15 is 0 Å². The summed E-state index contributed by atoms with van der Waals surface area (Å²) in [5, 5.41) is 0. The van der Waals surface area contributed by atoms with E-state index in [1.54, 1.807) is 0 Å². The zero-order chi connectivity index (χ0) is 12.7. The highest BCUT2D eigenvalue weighted by Gasteiger charge is 2.06. The molecule has 1 amide bonds. The van der Waals surface area contributed by atoms with Crippen molar-refractivity contribution >= 4 is 11.7 Å². The molecular weight excluding hydrogens is 216 g/mol. The van der Waals surface area contributed by atoms with Crippen molar-refractivity contribution in [3.63, 3.8) is 0 Å². The number of rotatable bonds is 7. The molecule has 1 aromatic rings. The van der Waals surface area contributed by atoms with Gasteiger partial charge in [-0.25, -0.2) is 0 Å². The van der Waals surface area contributed by atoms with Crippen molar-refractivity contribution in [2.24, 2.45) is 5.73 Å². The summed E-state index contributed by atoms with van der Waals surface area (Å²) < 4.78 is 0. The molecule has 0 saturated heterocycles. The minimum Gasteiger partial charge on any atom is -0.369 e. The SMILES string of the molecule is CN(CCCC(=O)c1ccccc1)CC(N)=O. The van der Waals surface area contributed by atoms with Crippen molar-refractivity contribution in [1.82, 2.24) is 4.90 Å². The van der Waals surface area contributed by atoms with E-state index in [-0.39, 0.29) is 18.2 Å². The minimum absolute atomic E-state index is 0.137. The maximum absolute atomic E-state index is 11.7. The molecular formula is C13H18N2O2. The lowest BCUT2D eigenvalue weighted by atomic mass is 10.1. The fourth-order valence-electron chi connectivity index (χ4n) is 1.62. The van der Waals surface area contributed by atoms with Gasteiger partial charge in [-0.05, 0) is 20.0 Å². The summed E-state index contributed by atoms with van der Waals surface area (Å²) >= 11 is 0. The molecule has 0 bridgehead atoms. The average molecular weight is 234 g/mol. The van der Waals surface area contributed by atoms with Crippen LogP contribution in [0.4, 0.5) is 0 Å². The number of carbonyl (C=O) groups excluding carboxylic acids is 2. The molecule has 1 rings (SSSR count). The van der Waals surface area contributed by atoms with Crippen LogP contribution in [0.5, 0.6) is 0 Å². The standard InChI is InChI=1S/C13H18N2O2/c1-15(10-13(14)17)9-5-8-12(16)11-6-3-2-4-7-11/h2-4,6-7H,5,8-10H2,1H3,(H2,14,17). The van der Waals surface area contributed by atoms with Gasteiger partial charge in [-0.1, -0.05) is 30.3 Å². The number of benzene rings is 1. The number of hydrogen-bond acceptors (Lipinski definition) is 3. The van der Waals surface area contributed by atoms with Gasteiger partial charge in [0, 0.05) is 12.0 Å². The minimum atomic E-state index is -0.345. The molecule has 0 fully saturated rings. The Bertz CT molecular complexity index is 376. The van der Waals surface area contributed by atoms with Gasteiger partial charge >= 0.3 is 0 Å². The summed E-state index contributed by atoms with van der Waals surface area (Å²) in [6.45, 7) is 0.932. The van der Waals surface area contributed by atoms with Gasteiger partial charge in [0.15, 0.2) is 5.78 Å². The van der Waals surface area contributed by atoms with Crippen LogP contribution in [0.15, 0.2) is 30.3 Å². The molecule has 0 aliphatic rings. The summed E-state index contributed by atoms with van der Waals surface area (Å²) in [5.41, 5.74) is 5.81. The maximum atomic E-state index is 11.7. The Morgan fingerprint density at radius 2 is 1.88 bits per heavy atom. The quantitative estimate of drug-likeness (QED) is 0.718. The molecule has 0 aliphatic heterocycles. The van der Waals surface area contributed by atoms with E-state index in [4.69, 9.17) is 5.73 Å². The Hall–Kier alpha value is -1.68. The first-order valence-electron chi connectivity index (χ1n) is 5.64.